The lowest BCUT2D eigenvalue weighted by atomic mass is 9.98. The van der Waals surface area contributed by atoms with Gasteiger partial charge in [-0.05, 0) is 54.8 Å². The van der Waals surface area contributed by atoms with Crippen LogP contribution in [0.25, 0.3) is 0 Å². The minimum absolute atomic E-state index is 0.0167. The summed E-state index contributed by atoms with van der Waals surface area (Å²) in [6.45, 7) is 0.407. The SMILES string of the molecule is N#CCc1ccc(NC(=O)[C@H]2CCCN(S(=O)(=O)c3ccc(F)cc3)C2)cc1. The van der Waals surface area contributed by atoms with Gasteiger partial charge in [0.25, 0.3) is 0 Å². The fourth-order valence-corrected chi connectivity index (χ4v) is 4.70. The maximum Gasteiger partial charge on any atom is 0.243 e. The van der Waals surface area contributed by atoms with Crippen LogP contribution in [0.5, 0.6) is 0 Å². The van der Waals surface area contributed by atoms with Crippen molar-refractivity contribution in [2.45, 2.75) is 24.2 Å². The molecule has 1 N–H and O–H groups in total. The van der Waals surface area contributed by atoms with E-state index in [1.54, 1.807) is 24.3 Å². The lowest BCUT2D eigenvalue weighted by molar-refractivity contribution is -0.120. The molecule has 1 aliphatic rings. The number of halogens is 1. The highest BCUT2D eigenvalue weighted by atomic mass is 32.2. The Morgan fingerprint density at radius 3 is 2.50 bits per heavy atom. The zero-order valence-corrected chi connectivity index (χ0v) is 16.0. The molecule has 3 rings (SSSR count). The predicted octanol–water partition coefficient (Wildman–Crippen LogP) is 2.93. The minimum atomic E-state index is -3.77. The Morgan fingerprint density at radius 1 is 1.18 bits per heavy atom. The highest BCUT2D eigenvalue weighted by molar-refractivity contribution is 7.89. The number of hydrogen-bond acceptors (Lipinski definition) is 4. The van der Waals surface area contributed by atoms with Crippen molar-refractivity contribution < 1.29 is 17.6 Å². The third-order valence-electron chi connectivity index (χ3n) is 4.71. The van der Waals surface area contributed by atoms with Crippen molar-refractivity contribution in [2.24, 2.45) is 5.92 Å². The van der Waals surface area contributed by atoms with Crippen molar-refractivity contribution in [3.8, 4) is 6.07 Å². The summed E-state index contributed by atoms with van der Waals surface area (Å²) in [5.74, 6) is -1.22. The van der Waals surface area contributed by atoms with E-state index in [9.17, 15) is 17.6 Å². The highest BCUT2D eigenvalue weighted by Crippen LogP contribution is 2.25. The minimum Gasteiger partial charge on any atom is -0.326 e. The Hall–Kier alpha value is -2.76. The predicted molar refractivity (Wildman–Crippen MR) is 102 cm³/mol. The van der Waals surface area contributed by atoms with E-state index in [1.165, 1.54) is 16.4 Å². The molecule has 6 nitrogen and oxygen atoms in total. The van der Waals surface area contributed by atoms with E-state index in [1.807, 2.05) is 0 Å². The van der Waals surface area contributed by atoms with Gasteiger partial charge >= 0.3 is 0 Å². The fraction of sp³-hybridized carbons (Fsp3) is 0.300. The van der Waals surface area contributed by atoms with Gasteiger partial charge in [0.15, 0.2) is 0 Å². The zero-order chi connectivity index (χ0) is 20.1. The van der Waals surface area contributed by atoms with Crippen LogP contribution in [0.4, 0.5) is 10.1 Å². The van der Waals surface area contributed by atoms with E-state index in [0.29, 0.717) is 31.5 Å². The summed E-state index contributed by atoms with van der Waals surface area (Å²) in [4.78, 5) is 12.6. The molecule has 0 aliphatic carbocycles. The van der Waals surface area contributed by atoms with Crippen LogP contribution < -0.4 is 5.32 Å². The van der Waals surface area contributed by atoms with E-state index in [2.05, 4.69) is 11.4 Å². The van der Waals surface area contributed by atoms with Gasteiger partial charge in [-0.3, -0.25) is 4.79 Å². The summed E-state index contributed by atoms with van der Waals surface area (Å²) >= 11 is 0. The van der Waals surface area contributed by atoms with Crippen molar-refractivity contribution in [1.29, 1.82) is 5.26 Å². The number of amides is 1. The van der Waals surface area contributed by atoms with E-state index in [4.69, 9.17) is 5.26 Å². The molecule has 0 unspecified atom stereocenters. The average Bonchev–Trinajstić information content (AvgIpc) is 2.70. The molecule has 0 spiro atoms. The summed E-state index contributed by atoms with van der Waals surface area (Å²) in [5.41, 5.74) is 1.46. The topological polar surface area (TPSA) is 90.3 Å². The summed E-state index contributed by atoms with van der Waals surface area (Å²) in [7, 11) is -3.77. The maximum atomic E-state index is 13.1. The number of piperidine rings is 1. The van der Waals surface area contributed by atoms with Crippen molar-refractivity contribution in [1.82, 2.24) is 4.31 Å². The molecule has 1 amide bonds. The Balaban J connectivity index is 1.67. The molecule has 8 heteroatoms. The zero-order valence-electron chi connectivity index (χ0n) is 15.1. The molecule has 2 aromatic carbocycles. The molecule has 0 bridgehead atoms. The number of carbonyl (C=O) groups excluding carboxylic acids is 1. The van der Waals surface area contributed by atoms with Gasteiger partial charge in [0.05, 0.1) is 23.3 Å². The van der Waals surface area contributed by atoms with Crippen molar-refractivity contribution in [3.05, 3.63) is 59.9 Å². The maximum absolute atomic E-state index is 13.1. The molecular formula is C20H20FN3O3S. The molecule has 1 heterocycles. The number of benzene rings is 2. The Kier molecular flexibility index (Phi) is 6.07. The summed E-state index contributed by atoms with van der Waals surface area (Å²) < 4.78 is 39.9. The van der Waals surface area contributed by atoms with E-state index in [0.717, 1.165) is 17.7 Å². The van der Waals surface area contributed by atoms with Crippen LogP contribution in [-0.2, 0) is 21.2 Å². The Labute approximate surface area is 163 Å². The van der Waals surface area contributed by atoms with Crippen LogP contribution in [0, 0.1) is 23.1 Å². The Bertz CT molecular complexity index is 983. The summed E-state index contributed by atoms with van der Waals surface area (Å²) in [6.07, 6.45) is 1.46. The second-order valence-electron chi connectivity index (χ2n) is 6.68. The molecule has 1 saturated heterocycles. The van der Waals surface area contributed by atoms with Gasteiger partial charge in [-0.2, -0.15) is 9.57 Å². The van der Waals surface area contributed by atoms with Crippen LogP contribution in [-0.4, -0.2) is 31.7 Å². The van der Waals surface area contributed by atoms with Crippen molar-refractivity contribution in [2.75, 3.05) is 18.4 Å². The summed E-state index contributed by atoms with van der Waals surface area (Å²) in [5, 5.41) is 11.5. The number of hydrogen-bond donors (Lipinski definition) is 1. The van der Waals surface area contributed by atoms with Crippen LogP contribution in [0.15, 0.2) is 53.4 Å². The first kappa shape index (κ1) is 20.0. The molecule has 0 saturated carbocycles. The molecule has 2 aromatic rings. The van der Waals surface area contributed by atoms with Crippen LogP contribution in [0.3, 0.4) is 0 Å². The normalized spacial score (nSPS) is 17.6. The number of carbonyl (C=O) groups is 1. The van der Waals surface area contributed by atoms with Gasteiger partial charge in [-0.25, -0.2) is 12.8 Å². The van der Waals surface area contributed by atoms with E-state index >= 15 is 0 Å². The van der Waals surface area contributed by atoms with Gasteiger partial charge < -0.3 is 5.32 Å². The van der Waals surface area contributed by atoms with Crippen LogP contribution >= 0.6 is 0 Å². The molecule has 0 aromatic heterocycles. The lowest BCUT2D eigenvalue weighted by Crippen LogP contribution is -2.43. The number of sulfonamides is 1. The molecule has 0 radical (unpaired) electrons. The van der Waals surface area contributed by atoms with Gasteiger partial charge in [0.2, 0.25) is 15.9 Å². The smallest absolute Gasteiger partial charge is 0.243 e. The first-order chi connectivity index (χ1) is 13.4. The second kappa shape index (κ2) is 8.50. The third-order valence-corrected chi connectivity index (χ3v) is 6.59. The number of nitrogens with zero attached hydrogens (tertiary/aromatic N) is 2. The largest absolute Gasteiger partial charge is 0.326 e. The Morgan fingerprint density at radius 2 is 1.86 bits per heavy atom. The van der Waals surface area contributed by atoms with Crippen LogP contribution in [0.2, 0.25) is 0 Å². The van der Waals surface area contributed by atoms with Gasteiger partial charge in [0.1, 0.15) is 5.82 Å². The van der Waals surface area contributed by atoms with Gasteiger partial charge in [-0.15, -0.1) is 0 Å². The van der Waals surface area contributed by atoms with E-state index in [-0.39, 0.29) is 17.3 Å². The van der Waals surface area contributed by atoms with Gasteiger partial charge in [0, 0.05) is 18.8 Å². The number of anilines is 1. The lowest BCUT2D eigenvalue weighted by Gasteiger charge is -2.31. The fourth-order valence-electron chi connectivity index (χ4n) is 3.17. The van der Waals surface area contributed by atoms with Crippen molar-refractivity contribution >= 4 is 21.6 Å². The molecule has 28 heavy (non-hydrogen) atoms. The number of rotatable bonds is 5. The second-order valence-corrected chi connectivity index (χ2v) is 8.62. The number of nitrogens with one attached hydrogen (secondary N) is 1. The van der Waals surface area contributed by atoms with E-state index < -0.39 is 21.8 Å². The molecule has 146 valence electrons. The first-order valence-corrected chi connectivity index (χ1v) is 10.4. The van der Waals surface area contributed by atoms with Gasteiger partial charge in [-0.1, -0.05) is 12.1 Å². The monoisotopic (exact) mass is 401 g/mol. The summed E-state index contributed by atoms with van der Waals surface area (Å²) in [6, 6.07) is 13.7. The van der Waals surface area contributed by atoms with Crippen LogP contribution in [0.1, 0.15) is 18.4 Å². The highest BCUT2D eigenvalue weighted by Gasteiger charge is 2.33. The molecular weight excluding hydrogens is 381 g/mol. The third kappa shape index (κ3) is 4.55. The first-order valence-electron chi connectivity index (χ1n) is 8.92. The standard InChI is InChI=1S/C20H20FN3O3S/c21-17-5-9-19(10-6-17)28(26,27)24-13-1-2-16(14-24)20(25)23-18-7-3-15(4-8-18)11-12-22/h3-10,16H,1-2,11,13-14H2,(H,23,25)/t16-/m0/s1. The molecule has 1 aliphatic heterocycles. The molecule has 1 fully saturated rings. The number of nitriles is 1. The average molecular weight is 401 g/mol. The molecule has 1 atom stereocenters. The van der Waals surface area contributed by atoms with Crippen molar-refractivity contribution in [3.63, 3.8) is 0 Å². The quantitative estimate of drug-likeness (QED) is 0.834.